The van der Waals surface area contributed by atoms with Gasteiger partial charge in [-0.3, -0.25) is 9.97 Å². The van der Waals surface area contributed by atoms with E-state index in [9.17, 15) is 0 Å². The minimum absolute atomic E-state index is 0.103. The summed E-state index contributed by atoms with van der Waals surface area (Å²) in [5.41, 5.74) is 10.4. The first kappa shape index (κ1) is 13.2. The van der Waals surface area contributed by atoms with E-state index in [1.54, 1.807) is 12.4 Å². The molecule has 0 saturated heterocycles. The van der Waals surface area contributed by atoms with Crippen molar-refractivity contribution < 1.29 is 0 Å². The molecule has 3 aromatic rings. The van der Waals surface area contributed by atoms with Gasteiger partial charge in [-0.15, -0.1) is 0 Å². The fraction of sp³-hybridized carbons (Fsp3) is 0.125. The molecule has 0 bridgehead atoms. The molecule has 3 rings (SSSR count). The minimum Gasteiger partial charge on any atom is -0.324 e. The summed E-state index contributed by atoms with van der Waals surface area (Å²) in [7, 11) is 0. The van der Waals surface area contributed by atoms with Crippen LogP contribution in [0, 0.1) is 0 Å². The molecular formula is C16H14BrN3. The van der Waals surface area contributed by atoms with Crippen molar-refractivity contribution in [3.8, 4) is 0 Å². The monoisotopic (exact) mass is 327 g/mol. The number of hydrogen-bond donors (Lipinski definition) is 1. The van der Waals surface area contributed by atoms with Gasteiger partial charge in [0.2, 0.25) is 0 Å². The standard InChI is InChI=1S/C16H14BrN3/c17-13-6-2-1-4-11(13)10-14(18)12-5-3-7-15-16(12)20-9-8-19-15/h1-9,14H,10,18H2. The van der Waals surface area contributed by atoms with Crippen LogP contribution in [-0.2, 0) is 6.42 Å². The zero-order chi connectivity index (χ0) is 13.9. The summed E-state index contributed by atoms with van der Waals surface area (Å²) in [5.74, 6) is 0. The van der Waals surface area contributed by atoms with Gasteiger partial charge in [-0.05, 0) is 29.7 Å². The van der Waals surface area contributed by atoms with Gasteiger partial charge in [-0.2, -0.15) is 0 Å². The molecule has 0 radical (unpaired) electrons. The quantitative estimate of drug-likeness (QED) is 0.799. The smallest absolute Gasteiger partial charge is 0.0934 e. The predicted octanol–water partition coefficient (Wildman–Crippen LogP) is 3.63. The van der Waals surface area contributed by atoms with Crippen LogP contribution in [0.4, 0.5) is 0 Å². The van der Waals surface area contributed by atoms with Crippen LogP contribution in [0.5, 0.6) is 0 Å². The van der Waals surface area contributed by atoms with Gasteiger partial charge in [0.1, 0.15) is 0 Å². The van der Waals surface area contributed by atoms with Crippen LogP contribution in [0.25, 0.3) is 11.0 Å². The van der Waals surface area contributed by atoms with Gasteiger partial charge in [0.05, 0.1) is 11.0 Å². The van der Waals surface area contributed by atoms with E-state index in [0.29, 0.717) is 0 Å². The average Bonchev–Trinajstić information content (AvgIpc) is 2.49. The highest BCUT2D eigenvalue weighted by Crippen LogP contribution is 2.25. The number of nitrogens with zero attached hydrogens (tertiary/aromatic N) is 2. The summed E-state index contributed by atoms with van der Waals surface area (Å²) < 4.78 is 1.08. The molecule has 1 unspecified atom stereocenters. The van der Waals surface area contributed by atoms with Gasteiger partial charge in [-0.1, -0.05) is 46.3 Å². The molecule has 100 valence electrons. The van der Waals surface area contributed by atoms with Crippen LogP contribution in [-0.4, -0.2) is 9.97 Å². The van der Waals surface area contributed by atoms with Crippen LogP contribution < -0.4 is 5.73 Å². The second kappa shape index (κ2) is 5.69. The third-order valence-corrected chi connectivity index (χ3v) is 4.10. The predicted molar refractivity (Wildman–Crippen MR) is 84.3 cm³/mol. The fourth-order valence-corrected chi connectivity index (χ4v) is 2.77. The van der Waals surface area contributed by atoms with Crippen LogP contribution in [0.15, 0.2) is 59.3 Å². The molecule has 0 saturated carbocycles. The highest BCUT2D eigenvalue weighted by Gasteiger charge is 2.13. The number of halogens is 1. The van der Waals surface area contributed by atoms with Crippen molar-refractivity contribution in [1.29, 1.82) is 0 Å². The summed E-state index contributed by atoms with van der Waals surface area (Å²) in [4.78, 5) is 8.73. The first-order valence-electron chi connectivity index (χ1n) is 6.44. The Kier molecular flexibility index (Phi) is 3.76. The molecule has 2 N–H and O–H groups in total. The van der Waals surface area contributed by atoms with Crippen molar-refractivity contribution in [3.05, 3.63) is 70.5 Å². The van der Waals surface area contributed by atoms with Crippen molar-refractivity contribution in [1.82, 2.24) is 9.97 Å². The first-order chi connectivity index (χ1) is 9.75. The molecule has 0 amide bonds. The SMILES string of the molecule is NC(Cc1ccccc1Br)c1cccc2nccnc12. The molecule has 0 spiro atoms. The maximum atomic E-state index is 6.37. The summed E-state index contributed by atoms with van der Waals surface area (Å²) >= 11 is 3.56. The van der Waals surface area contributed by atoms with Crippen LogP contribution in [0.2, 0.25) is 0 Å². The summed E-state index contributed by atoms with van der Waals surface area (Å²) in [5, 5.41) is 0. The second-order valence-electron chi connectivity index (χ2n) is 4.67. The molecule has 0 fully saturated rings. The van der Waals surface area contributed by atoms with Gasteiger partial charge >= 0.3 is 0 Å². The van der Waals surface area contributed by atoms with E-state index in [2.05, 4.69) is 32.0 Å². The van der Waals surface area contributed by atoms with E-state index in [1.807, 2.05) is 36.4 Å². The normalized spacial score (nSPS) is 12.5. The van der Waals surface area contributed by atoms with Gasteiger partial charge < -0.3 is 5.73 Å². The Morgan fingerprint density at radius 3 is 2.65 bits per heavy atom. The first-order valence-corrected chi connectivity index (χ1v) is 7.23. The number of para-hydroxylation sites is 1. The Labute approximate surface area is 126 Å². The lowest BCUT2D eigenvalue weighted by Gasteiger charge is -2.14. The van der Waals surface area contributed by atoms with E-state index in [1.165, 1.54) is 5.56 Å². The number of aromatic nitrogens is 2. The van der Waals surface area contributed by atoms with Crippen LogP contribution in [0.3, 0.4) is 0 Å². The molecule has 20 heavy (non-hydrogen) atoms. The number of rotatable bonds is 3. The molecule has 4 heteroatoms. The van der Waals surface area contributed by atoms with Crippen molar-refractivity contribution in [3.63, 3.8) is 0 Å². The lowest BCUT2D eigenvalue weighted by Crippen LogP contribution is -2.14. The number of hydrogen-bond acceptors (Lipinski definition) is 3. The Morgan fingerprint density at radius 1 is 1.00 bits per heavy atom. The molecule has 1 aromatic heterocycles. The van der Waals surface area contributed by atoms with Gasteiger partial charge in [0.25, 0.3) is 0 Å². The molecular weight excluding hydrogens is 314 g/mol. The maximum Gasteiger partial charge on any atom is 0.0934 e. The lowest BCUT2D eigenvalue weighted by atomic mass is 9.98. The highest BCUT2D eigenvalue weighted by atomic mass is 79.9. The van der Waals surface area contributed by atoms with Crippen molar-refractivity contribution >= 4 is 27.0 Å². The molecule has 2 aromatic carbocycles. The number of fused-ring (bicyclic) bond motifs is 1. The summed E-state index contributed by atoms with van der Waals surface area (Å²) in [6.07, 6.45) is 4.17. The number of benzene rings is 2. The Hall–Kier alpha value is -1.78. The lowest BCUT2D eigenvalue weighted by molar-refractivity contribution is 0.724. The largest absolute Gasteiger partial charge is 0.324 e. The Balaban J connectivity index is 1.97. The molecule has 0 aliphatic heterocycles. The van der Waals surface area contributed by atoms with Crippen LogP contribution >= 0.6 is 15.9 Å². The van der Waals surface area contributed by atoms with Crippen molar-refractivity contribution in [2.75, 3.05) is 0 Å². The van der Waals surface area contributed by atoms with E-state index in [-0.39, 0.29) is 6.04 Å². The average molecular weight is 328 g/mol. The van der Waals surface area contributed by atoms with E-state index in [4.69, 9.17) is 5.73 Å². The molecule has 0 aliphatic carbocycles. The van der Waals surface area contributed by atoms with Crippen LogP contribution in [0.1, 0.15) is 17.2 Å². The Morgan fingerprint density at radius 2 is 1.80 bits per heavy atom. The molecule has 0 aliphatic rings. The van der Waals surface area contributed by atoms with E-state index < -0.39 is 0 Å². The zero-order valence-corrected chi connectivity index (χ0v) is 12.4. The topological polar surface area (TPSA) is 51.8 Å². The van der Waals surface area contributed by atoms with E-state index >= 15 is 0 Å². The van der Waals surface area contributed by atoms with E-state index in [0.717, 1.165) is 27.5 Å². The van der Waals surface area contributed by atoms with Crippen molar-refractivity contribution in [2.24, 2.45) is 5.73 Å². The summed E-state index contributed by atoms with van der Waals surface area (Å²) in [6, 6.07) is 14.0. The van der Waals surface area contributed by atoms with Crippen molar-refractivity contribution in [2.45, 2.75) is 12.5 Å². The van der Waals surface area contributed by atoms with Gasteiger partial charge in [0, 0.05) is 22.9 Å². The third kappa shape index (κ3) is 2.57. The molecule has 1 heterocycles. The highest BCUT2D eigenvalue weighted by molar-refractivity contribution is 9.10. The molecule has 3 nitrogen and oxygen atoms in total. The fourth-order valence-electron chi connectivity index (χ4n) is 2.33. The van der Waals surface area contributed by atoms with Gasteiger partial charge in [0.15, 0.2) is 0 Å². The summed E-state index contributed by atoms with van der Waals surface area (Å²) in [6.45, 7) is 0. The second-order valence-corrected chi connectivity index (χ2v) is 5.53. The zero-order valence-electron chi connectivity index (χ0n) is 10.8. The van der Waals surface area contributed by atoms with Gasteiger partial charge in [-0.25, -0.2) is 0 Å². The molecule has 1 atom stereocenters. The minimum atomic E-state index is -0.103. The number of nitrogens with two attached hydrogens (primary N) is 1. The maximum absolute atomic E-state index is 6.37. The Bertz CT molecular complexity index is 737. The third-order valence-electron chi connectivity index (χ3n) is 3.33.